The number of hydrogen-bond donors (Lipinski definition) is 1. The summed E-state index contributed by atoms with van der Waals surface area (Å²) < 4.78 is 0. The van der Waals surface area contributed by atoms with Crippen LogP contribution in [0.4, 0.5) is 5.69 Å². The second kappa shape index (κ2) is 6.44. The molecule has 1 heterocycles. The average Bonchev–Trinajstić information content (AvgIpc) is 2.57. The first-order chi connectivity index (χ1) is 11.1. The van der Waals surface area contributed by atoms with Gasteiger partial charge in [0.15, 0.2) is 0 Å². The minimum Gasteiger partial charge on any atom is -0.322 e. The molecule has 114 valence electrons. The van der Waals surface area contributed by atoms with Crippen LogP contribution >= 0.6 is 0 Å². The van der Waals surface area contributed by atoms with Crippen LogP contribution in [0, 0.1) is 13.8 Å². The lowest BCUT2D eigenvalue weighted by molar-refractivity contribution is 0.102. The lowest BCUT2D eigenvalue weighted by Gasteiger charge is -2.10. The van der Waals surface area contributed by atoms with Gasteiger partial charge >= 0.3 is 0 Å². The summed E-state index contributed by atoms with van der Waals surface area (Å²) in [4.78, 5) is 17.1. The first-order valence-corrected chi connectivity index (χ1v) is 7.55. The van der Waals surface area contributed by atoms with Crippen molar-refractivity contribution in [1.82, 2.24) is 4.98 Å². The number of aromatic nitrogens is 1. The van der Waals surface area contributed by atoms with Gasteiger partial charge in [-0.15, -0.1) is 0 Å². The number of benzene rings is 2. The van der Waals surface area contributed by atoms with Crippen LogP contribution in [-0.2, 0) is 0 Å². The standard InChI is InChI=1S/C20H18N2O/c1-14-8-6-7-11-18(14)22-20(23)17-12-13-19(21-15(17)2)16-9-4-3-5-10-16/h3-13H,1-2H3,(H,22,23). The van der Waals surface area contributed by atoms with Gasteiger partial charge in [-0.1, -0.05) is 48.5 Å². The van der Waals surface area contributed by atoms with E-state index in [2.05, 4.69) is 10.3 Å². The molecule has 0 unspecified atom stereocenters. The van der Waals surface area contributed by atoms with Gasteiger partial charge in [-0.05, 0) is 37.6 Å². The summed E-state index contributed by atoms with van der Waals surface area (Å²) in [5, 5.41) is 2.95. The number of aryl methyl sites for hydroxylation is 2. The normalized spacial score (nSPS) is 10.3. The molecule has 2 aromatic carbocycles. The van der Waals surface area contributed by atoms with E-state index in [1.807, 2.05) is 80.6 Å². The van der Waals surface area contributed by atoms with Gasteiger partial charge in [-0.3, -0.25) is 9.78 Å². The molecule has 0 spiro atoms. The number of anilines is 1. The van der Waals surface area contributed by atoms with Gasteiger partial charge in [0.2, 0.25) is 0 Å². The number of hydrogen-bond acceptors (Lipinski definition) is 2. The van der Waals surface area contributed by atoms with Crippen molar-refractivity contribution in [3.63, 3.8) is 0 Å². The number of carbonyl (C=O) groups excluding carboxylic acids is 1. The highest BCUT2D eigenvalue weighted by atomic mass is 16.1. The summed E-state index contributed by atoms with van der Waals surface area (Å²) in [5.41, 5.74) is 5.08. The third kappa shape index (κ3) is 3.29. The van der Waals surface area contributed by atoms with Gasteiger partial charge in [0.25, 0.3) is 5.91 Å². The van der Waals surface area contributed by atoms with E-state index in [0.717, 1.165) is 28.2 Å². The van der Waals surface area contributed by atoms with Gasteiger partial charge in [-0.25, -0.2) is 0 Å². The molecule has 1 amide bonds. The second-order valence-electron chi connectivity index (χ2n) is 5.46. The maximum absolute atomic E-state index is 12.5. The molecular formula is C20H18N2O. The van der Waals surface area contributed by atoms with Gasteiger partial charge in [0.1, 0.15) is 0 Å². The quantitative estimate of drug-likeness (QED) is 0.767. The van der Waals surface area contributed by atoms with Crippen molar-refractivity contribution in [2.24, 2.45) is 0 Å². The molecule has 0 aliphatic carbocycles. The molecule has 3 aromatic rings. The Kier molecular flexibility index (Phi) is 4.20. The molecule has 0 atom stereocenters. The molecule has 23 heavy (non-hydrogen) atoms. The first-order valence-electron chi connectivity index (χ1n) is 7.55. The minimum absolute atomic E-state index is 0.135. The van der Waals surface area contributed by atoms with Crippen LogP contribution < -0.4 is 5.32 Å². The van der Waals surface area contributed by atoms with Crippen LogP contribution in [0.2, 0.25) is 0 Å². The third-order valence-corrected chi connectivity index (χ3v) is 3.79. The lowest BCUT2D eigenvalue weighted by atomic mass is 10.1. The van der Waals surface area contributed by atoms with Crippen LogP contribution in [0.5, 0.6) is 0 Å². The van der Waals surface area contributed by atoms with Crippen molar-refractivity contribution in [3.8, 4) is 11.3 Å². The van der Waals surface area contributed by atoms with Crippen LogP contribution in [0.25, 0.3) is 11.3 Å². The Labute approximate surface area is 136 Å². The predicted molar refractivity (Wildman–Crippen MR) is 93.5 cm³/mol. The summed E-state index contributed by atoms with van der Waals surface area (Å²) in [5.74, 6) is -0.135. The largest absolute Gasteiger partial charge is 0.322 e. The van der Waals surface area contributed by atoms with E-state index in [1.165, 1.54) is 0 Å². The Bertz CT molecular complexity index is 841. The number of amides is 1. The van der Waals surface area contributed by atoms with E-state index >= 15 is 0 Å². The van der Waals surface area contributed by atoms with Crippen LogP contribution in [-0.4, -0.2) is 10.9 Å². The Balaban J connectivity index is 1.86. The maximum Gasteiger partial charge on any atom is 0.257 e. The van der Waals surface area contributed by atoms with E-state index in [0.29, 0.717) is 5.56 Å². The average molecular weight is 302 g/mol. The van der Waals surface area contributed by atoms with Gasteiger partial charge < -0.3 is 5.32 Å². The van der Waals surface area contributed by atoms with Crippen molar-refractivity contribution in [2.75, 3.05) is 5.32 Å². The molecule has 3 rings (SSSR count). The van der Waals surface area contributed by atoms with Crippen LogP contribution in [0.3, 0.4) is 0 Å². The highest BCUT2D eigenvalue weighted by Gasteiger charge is 2.12. The van der Waals surface area contributed by atoms with Gasteiger partial charge in [0, 0.05) is 11.3 Å². The number of carbonyl (C=O) groups is 1. The van der Waals surface area contributed by atoms with Gasteiger partial charge in [0.05, 0.1) is 17.0 Å². The number of para-hydroxylation sites is 1. The number of nitrogens with zero attached hydrogens (tertiary/aromatic N) is 1. The SMILES string of the molecule is Cc1ccccc1NC(=O)c1ccc(-c2ccccc2)nc1C. The molecule has 0 fully saturated rings. The van der Waals surface area contributed by atoms with E-state index in [-0.39, 0.29) is 5.91 Å². The topological polar surface area (TPSA) is 42.0 Å². The molecule has 1 N–H and O–H groups in total. The zero-order valence-electron chi connectivity index (χ0n) is 13.2. The summed E-state index contributed by atoms with van der Waals surface area (Å²) in [6.07, 6.45) is 0. The molecular weight excluding hydrogens is 284 g/mol. The molecule has 0 bridgehead atoms. The second-order valence-corrected chi connectivity index (χ2v) is 5.46. The van der Waals surface area contributed by atoms with E-state index in [1.54, 1.807) is 0 Å². The lowest BCUT2D eigenvalue weighted by Crippen LogP contribution is -2.15. The molecule has 1 aromatic heterocycles. The van der Waals surface area contributed by atoms with Gasteiger partial charge in [-0.2, -0.15) is 0 Å². The molecule has 0 saturated heterocycles. The zero-order chi connectivity index (χ0) is 16.2. The molecule has 0 radical (unpaired) electrons. The van der Waals surface area contributed by atoms with Crippen molar-refractivity contribution >= 4 is 11.6 Å². The molecule has 0 aliphatic rings. The Morgan fingerprint density at radius 3 is 2.26 bits per heavy atom. The summed E-state index contributed by atoms with van der Waals surface area (Å²) >= 11 is 0. The fourth-order valence-corrected chi connectivity index (χ4v) is 2.47. The molecule has 3 heteroatoms. The maximum atomic E-state index is 12.5. The fourth-order valence-electron chi connectivity index (χ4n) is 2.47. The fraction of sp³-hybridized carbons (Fsp3) is 0.100. The minimum atomic E-state index is -0.135. The van der Waals surface area contributed by atoms with Crippen LogP contribution in [0.1, 0.15) is 21.6 Å². The summed E-state index contributed by atoms with van der Waals surface area (Å²) in [6.45, 7) is 3.83. The van der Waals surface area contributed by atoms with E-state index in [9.17, 15) is 4.79 Å². The van der Waals surface area contributed by atoms with Crippen molar-refractivity contribution in [3.05, 3.63) is 83.6 Å². The predicted octanol–water partition coefficient (Wildman–Crippen LogP) is 4.62. The van der Waals surface area contributed by atoms with E-state index in [4.69, 9.17) is 0 Å². The highest BCUT2D eigenvalue weighted by molar-refractivity contribution is 6.05. The Morgan fingerprint density at radius 1 is 0.870 bits per heavy atom. The van der Waals surface area contributed by atoms with E-state index < -0.39 is 0 Å². The number of nitrogens with one attached hydrogen (secondary N) is 1. The first kappa shape index (κ1) is 15.0. The van der Waals surface area contributed by atoms with Crippen LogP contribution in [0.15, 0.2) is 66.7 Å². The summed E-state index contributed by atoms with van der Waals surface area (Å²) in [7, 11) is 0. The molecule has 0 saturated carbocycles. The molecule has 3 nitrogen and oxygen atoms in total. The smallest absolute Gasteiger partial charge is 0.257 e. The number of rotatable bonds is 3. The monoisotopic (exact) mass is 302 g/mol. The summed E-state index contributed by atoms with van der Waals surface area (Å²) in [6, 6.07) is 21.4. The number of pyridine rings is 1. The molecule has 0 aliphatic heterocycles. The van der Waals surface area contributed by atoms with Crippen molar-refractivity contribution in [2.45, 2.75) is 13.8 Å². The van der Waals surface area contributed by atoms with Crippen molar-refractivity contribution < 1.29 is 4.79 Å². The highest BCUT2D eigenvalue weighted by Crippen LogP contribution is 2.20. The van der Waals surface area contributed by atoms with Crippen molar-refractivity contribution in [1.29, 1.82) is 0 Å². The Hall–Kier alpha value is -2.94. The third-order valence-electron chi connectivity index (χ3n) is 3.79. The Morgan fingerprint density at radius 2 is 1.57 bits per heavy atom. The zero-order valence-corrected chi connectivity index (χ0v) is 13.2.